The van der Waals surface area contributed by atoms with Crippen LogP contribution in [-0.4, -0.2) is 36.3 Å². The van der Waals surface area contributed by atoms with Gasteiger partial charge in [-0.2, -0.15) is 13.2 Å². The van der Waals surface area contributed by atoms with E-state index in [1.165, 1.54) is 12.1 Å². The van der Waals surface area contributed by atoms with Gasteiger partial charge in [-0.1, -0.05) is 12.1 Å². The lowest BCUT2D eigenvalue weighted by atomic mass is 10.1. The summed E-state index contributed by atoms with van der Waals surface area (Å²) in [5.41, 5.74) is 2.20. The van der Waals surface area contributed by atoms with E-state index >= 15 is 0 Å². The van der Waals surface area contributed by atoms with Crippen LogP contribution >= 0.6 is 0 Å². The van der Waals surface area contributed by atoms with Crippen LogP contribution in [0, 0.1) is 13.8 Å². The number of aryl methyl sites for hydroxylation is 1. The molecule has 29 heavy (non-hydrogen) atoms. The van der Waals surface area contributed by atoms with Crippen molar-refractivity contribution in [1.29, 1.82) is 0 Å². The molecule has 0 aliphatic rings. The Morgan fingerprint density at radius 2 is 1.66 bits per heavy atom. The first-order valence-corrected chi connectivity index (χ1v) is 9.03. The zero-order valence-electron chi connectivity index (χ0n) is 16.7. The van der Waals surface area contributed by atoms with E-state index in [1.807, 2.05) is 26.0 Å². The van der Waals surface area contributed by atoms with E-state index in [4.69, 9.17) is 0 Å². The first-order valence-electron chi connectivity index (χ1n) is 9.03. The van der Waals surface area contributed by atoms with Crippen molar-refractivity contribution >= 4 is 23.2 Å². The molecule has 0 aliphatic heterocycles. The fourth-order valence-electron chi connectivity index (χ4n) is 2.63. The molecule has 2 aromatic carbocycles. The molecule has 8 heteroatoms. The molecule has 2 N–H and O–H groups in total. The third kappa shape index (κ3) is 6.05. The van der Waals surface area contributed by atoms with Gasteiger partial charge in [0.2, 0.25) is 11.8 Å². The van der Waals surface area contributed by atoms with Crippen LogP contribution in [0.3, 0.4) is 0 Å². The monoisotopic (exact) mass is 407 g/mol. The van der Waals surface area contributed by atoms with Crippen LogP contribution in [-0.2, 0) is 15.8 Å². The third-order valence-corrected chi connectivity index (χ3v) is 4.79. The quantitative estimate of drug-likeness (QED) is 0.754. The maximum Gasteiger partial charge on any atom is 0.416 e. The Balaban J connectivity index is 1.93. The molecule has 2 amide bonds. The fraction of sp³-hybridized carbons (Fsp3) is 0.333. The minimum atomic E-state index is -4.43. The predicted octanol–water partition coefficient (Wildman–Crippen LogP) is 4.22. The van der Waals surface area contributed by atoms with E-state index in [2.05, 4.69) is 10.6 Å². The highest BCUT2D eigenvalue weighted by atomic mass is 19.4. The smallest absolute Gasteiger partial charge is 0.325 e. The van der Waals surface area contributed by atoms with Gasteiger partial charge in [0.15, 0.2) is 0 Å². The van der Waals surface area contributed by atoms with Crippen LogP contribution in [0.4, 0.5) is 24.5 Å². The molecular weight excluding hydrogens is 383 g/mol. The maximum absolute atomic E-state index is 12.6. The van der Waals surface area contributed by atoms with Gasteiger partial charge >= 0.3 is 6.18 Å². The maximum atomic E-state index is 12.6. The summed E-state index contributed by atoms with van der Waals surface area (Å²) in [7, 11) is 1.62. The number of alkyl halides is 3. The minimum Gasteiger partial charge on any atom is -0.325 e. The lowest BCUT2D eigenvalue weighted by Gasteiger charge is -2.23. The third-order valence-electron chi connectivity index (χ3n) is 4.79. The van der Waals surface area contributed by atoms with Crippen LogP contribution < -0.4 is 10.6 Å². The van der Waals surface area contributed by atoms with Gasteiger partial charge in [-0.15, -0.1) is 0 Å². The van der Waals surface area contributed by atoms with Crippen LogP contribution in [0.25, 0.3) is 0 Å². The minimum absolute atomic E-state index is 0.0189. The summed E-state index contributed by atoms with van der Waals surface area (Å²) < 4.78 is 37.8. The summed E-state index contributed by atoms with van der Waals surface area (Å²) in [6.07, 6.45) is -4.43. The Bertz CT molecular complexity index is 880. The number of nitrogens with one attached hydrogen (secondary N) is 2. The Morgan fingerprint density at radius 3 is 2.24 bits per heavy atom. The molecule has 0 aliphatic carbocycles. The molecule has 0 heterocycles. The number of carbonyl (C=O) groups is 2. The summed E-state index contributed by atoms with van der Waals surface area (Å²) in [6.45, 7) is 5.46. The van der Waals surface area contributed by atoms with Crippen LogP contribution in [0.2, 0.25) is 0 Å². The van der Waals surface area contributed by atoms with E-state index in [1.54, 1.807) is 24.9 Å². The Hall–Kier alpha value is -2.87. The number of halogens is 3. The van der Waals surface area contributed by atoms with Crippen LogP contribution in [0.1, 0.15) is 23.6 Å². The van der Waals surface area contributed by atoms with E-state index in [-0.39, 0.29) is 18.1 Å². The van der Waals surface area contributed by atoms with Gasteiger partial charge in [0.05, 0.1) is 18.2 Å². The number of carbonyl (C=O) groups excluding carboxylic acids is 2. The van der Waals surface area contributed by atoms with Crippen molar-refractivity contribution in [2.75, 3.05) is 24.2 Å². The molecule has 0 spiro atoms. The topological polar surface area (TPSA) is 61.4 Å². The Kier molecular flexibility index (Phi) is 7.02. The van der Waals surface area contributed by atoms with Gasteiger partial charge in [-0.25, -0.2) is 0 Å². The van der Waals surface area contributed by atoms with Gasteiger partial charge < -0.3 is 10.6 Å². The molecule has 5 nitrogen and oxygen atoms in total. The van der Waals surface area contributed by atoms with Crippen LogP contribution in [0.15, 0.2) is 42.5 Å². The predicted molar refractivity (Wildman–Crippen MR) is 107 cm³/mol. The summed E-state index contributed by atoms with van der Waals surface area (Å²) in [5, 5.41) is 5.39. The summed E-state index contributed by atoms with van der Waals surface area (Å²) in [5.74, 6) is -0.692. The zero-order chi connectivity index (χ0) is 21.8. The second-order valence-electron chi connectivity index (χ2n) is 6.95. The number of hydrogen-bond donors (Lipinski definition) is 2. The molecule has 156 valence electrons. The molecule has 0 bridgehead atoms. The SMILES string of the molecule is Cc1cccc(NC(=O)CN(C)[C@@H](C)C(=O)Nc2ccc(C(F)(F)F)cc2)c1C. The van der Waals surface area contributed by atoms with E-state index < -0.39 is 23.7 Å². The van der Waals surface area contributed by atoms with Crippen molar-refractivity contribution in [3.63, 3.8) is 0 Å². The second-order valence-corrected chi connectivity index (χ2v) is 6.95. The van der Waals surface area contributed by atoms with E-state index in [9.17, 15) is 22.8 Å². The number of amides is 2. The molecule has 0 saturated carbocycles. The van der Waals surface area contributed by atoms with Gasteiger partial charge in [0.25, 0.3) is 0 Å². The molecule has 0 radical (unpaired) electrons. The molecule has 0 fully saturated rings. The number of likely N-dealkylation sites (N-methyl/N-ethyl adjacent to an activating group) is 1. The van der Waals surface area contributed by atoms with Crippen molar-refractivity contribution in [3.05, 3.63) is 59.2 Å². The number of anilines is 2. The molecule has 0 saturated heterocycles. The number of rotatable bonds is 6. The second kappa shape index (κ2) is 9.09. The van der Waals surface area contributed by atoms with Crippen molar-refractivity contribution < 1.29 is 22.8 Å². The lowest BCUT2D eigenvalue weighted by molar-refractivity contribution is -0.137. The normalized spacial score (nSPS) is 12.6. The molecule has 0 unspecified atom stereocenters. The van der Waals surface area contributed by atoms with Crippen molar-refractivity contribution in [2.45, 2.75) is 33.0 Å². The molecule has 2 aromatic rings. The Labute approximate surface area is 167 Å². The average Bonchev–Trinajstić information content (AvgIpc) is 2.64. The van der Waals surface area contributed by atoms with Crippen molar-refractivity contribution in [1.82, 2.24) is 4.90 Å². The molecule has 1 atom stereocenters. The van der Waals surface area contributed by atoms with E-state index in [0.717, 1.165) is 23.3 Å². The summed E-state index contributed by atoms with van der Waals surface area (Å²) in [6, 6.07) is 9.14. The zero-order valence-corrected chi connectivity index (χ0v) is 16.7. The van der Waals surface area contributed by atoms with Crippen LogP contribution in [0.5, 0.6) is 0 Å². The fourth-order valence-corrected chi connectivity index (χ4v) is 2.63. The lowest BCUT2D eigenvalue weighted by Crippen LogP contribution is -2.43. The molecular formula is C21H24F3N3O2. The standard InChI is InChI=1S/C21H24F3N3O2/c1-13-6-5-7-18(14(13)2)26-19(28)12-27(4)15(3)20(29)25-17-10-8-16(9-11-17)21(22,23)24/h5-11,15H,12H2,1-4H3,(H,25,29)(H,26,28)/t15-/m0/s1. The largest absolute Gasteiger partial charge is 0.416 e. The molecule has 0 aromatic heterocycles. The van der Waals surface area contributed by atoms with E-state index in [0.29, 0.717) is 5.69 Å². The number of nitrogens with zero attached hydrogens (tertiary/aromatic N) is 1. The first kappa shape index (κ1) is 22.4. The van der Waals surface area contributed by atoms with Gasteiger partial charge in [-0.05, 0) is 69.3 Å². The van der Waals surface area contributed by atoms with Gasteiger partial charge in [0.1, 0.15) is 0 Å². The highest BCUT2D eigenvalue weighted by Crippen LogP contribution is 2.29. The first-order chi connectivity index (χ1) is 13.5. The van der Waals surface area contributed by atoms with Gasteiger partial charge in [-0.3, -0.25) is 14.5 Å². The highest BCUT2D eigenvalue weighted by Gasteiger charge is 2.30. The molecule has 2 rings (SSSR count). The average molecular weight is 407 g/mol. The number of benzene rings is 2. The van der Waals surface area contributed by atoms with Crippen molar-refractivity contribution in [2.24, 2.45) is 0 Å². The summed E-state index contributed by atoms with van der Waals surface area (Å²) in [4.78, 5) is 26.2. The Morgan fingerprint density at radius 1 is 1.03 bits per heavy atom. The van der Waals surface area contributed by atoms with Crippen molar-refractivity contribution in [3.8, 4) is 0 Å². The highest BCUT2D eigenvalue weighted by molar-refractivity contribution is 5.96. The number of hydrogen-bond acceptors (Lipinski definition) is 3. The van der Waals surface area contributed by atoms with Gasteiger partial charge in [0, 0.05) is 11.4 Å². The summed E-state index contributed by atoms with van der Waals surface area (Å²) >= 11 is 0.